The second kappa shape index (κ2) is 9.83. The van der Waals surface area contributed by atoms with Gasteiger partial charge in [0.15, 0.2) is 9.84 Å². The normalized spacial score (nSPS) is 11.3. The smallest absolute Gasteiger partial charge is 0.407 e. The summed E-state index contributed by atoms with van der Waals surface area (Å²) in [6.07, 6.45) is 4.11. The Morgan fingerprint density at radius 3 is 2.52 bits per heavy atom. The van der Waals surface area contributed by atoms with Crippen molar-refractivity contribution in [2.45, 2.75) is 31.6 Å². The Labute approximate surface area is 183 Å². The second-order valence-electron chi connectivity index (χ2n) is 7.46. The zero-order valence-electron chi connectivity index (χ0n) is 18.1. The highest BCUT2D eigenvalue weighted by molar-refractivity contribution is 7.90. The number of nitrogens with zero attached hydrogens (tertiary/aromatic N) is 1. The van der Waals surface area contributed by atoms with Crippen molar-refractivity contribution in [3.8, 4) is 16.9 Å². The highest BCUT2D eigenvalue weighted by Crippen LogP contribution is 2.32. The molecule has 31 heavy (non-hydrogen) atoms. The minimum atomic E-state index is -3.34. The first kappa shape index (κ1) is 22.6. The summed E-state index contributed by atoms with van der Waals surface area (Å²) in [7, 11) is -3.34. The molecule has 7 heteroatoms. The van der Waals surface area contributed by atoms with Crippen molar-refractivity contribution in [1.29, 1.82) is 0 Å². The molecule has 2 aromatic carbocycles. The first-order chi connectivity index (χ1) is 14.8. The molecule has 0 aliphatic carbocycles. The summed E-state index contributed by atoms with van der Waals surface area (Å²) in [6.45, 7) is 4.71. The van der Waals surface area contributed by atoms with Crippen LogP contribution in [0.3, 0.4) is 0 Å². The number of ether oxygens (including phenoxy) is 1. The lowest BCUT2D eigenvalue weighted by Crippen LogP contribution is -2.26. The van der Waals surface area contributed by atoms with E-state index in [-0.39, 0.29) is 4.90 Å². The van der Waals surface area contributed by atoms with Gasteiger partial charge in [-0.2, -0.15) is 0 Å². The van der Waals surface area contributed by atoms with Crippen LogP contribution in [0, 0.1) is 6.92 Å². The molecule has 164 valence electrons. The molecule has 1 heterocycles. The largest absolute Gasteiger partial charge is 0.450 e. The molecule has 0 bridgehead atoms. The van der Waals surface area contributed by atoms with Crippen molar-refractivity contribution in [1.82, 2.24) is 9.88 Å². The zero-order chi connectivity index (χ0) is 22.4. The fourth-order valence-electron chi connectivity index (χ4n) is 3.41. The number of carbonyl (C=O) groups is 1. The Morgan fingerprint density at radius 2 is 1.84 bits per heavy atom. The molecule has 0 unspecified atom stereocenters. The Hall–Kier alpha value is -3.06. The number of para-hydroxylation sites is 1. The highest BCUT2D eigenvalue weighted by atomic mass is 32.2. The van der Waals surface area contributed by atoms with Gasteiger partial charge in [0.05, 0.1) is 17.2 Å². The van der Waals surface area contributed by atoms with Gasteiger partial charge in [0.1, 0.15) is 0 Å². The molecule has 0 atom stereocenters. The van der Waals surface area contributed by atoms with E-state index in [0.29, 0.717) is 19.6 Å². The molecule has 1 amide bonds. The average molecular weight is 441 g/mol. The third-order valence-corrected chi connectivity index (χ3v) is 6.11. The van der Waals surface area contributed by atoms with Crippen molar-refractivity contribution >= 4 is 15.9 Å². The predicted octanol–water partition coefficient (Wildman–Crippen LogP) is 4.53. The lowest BCUT2D eigenvalue weighted by atomic mass is 10.0. The molecule has 6 nitrogen and oxygen atoms in total. The summed E-state index contributed by atoms with van der Waals surface area (Å²) in [6, 6.07) is 17.1. The van der Waals surface area contributed by atoms with E-state index in [4.69, 9.17) is 4.74 Å². The summed E-state index contributed by atoms with van der Waals surface area (Å²) in [4.78, 5) is 12.1. The number of amides is 1. The first-order valence-electron chi connectivity index (χ1n) is 10.3. The van der Waals surface area contributed by atoms with Crippen molar-refractivity contribution in [2.24, 2.45) is 0 Å². The lowest BCUT2D eigenvalue weighted by Gasteiger charge is -2.16. The van der Waals surface area contributed by atoms with E-state index in [1.807, 2.05) is 62.5 Å². The number of hydrogen-bond acceptors (Lipinski definition) is 4. The number of aryl methyl sites for hydroxylation is 1. The molecule has 0 fully saturated rings. The SMILES string of the molecule is CCCOC(=O)NCCc1ccn(-c2ccccc2)c1-c1cc(S(C)(=O)=O)ccc1C. The number of carbonyl (C=O) groups excluding carboxylic acids is 1. The van der Waals surface area contributed by atoms with Gasteiger partial charge in [-0.1, -0.05) is 31.2 Å². The summed E-state index contributed by atoms with van der Waals surface area (Å²) in [5.41, 5.74) is 4.72. The molecule has 3 rings (SSSR count). The maximum Gasteiger partial charge on any atom is 0.407 e. The van der Waals surface area contributed by atoms with E-state index in [0.717, 1.165) is 34.5 Å². The van der Waals surface area contributed by atoms with Crippen LogP contribution in [-0.4, -0.2) is 38.5 Å². The van der Waals surface area contributed by atoms with E-state index in [9.17, 15) is 13.2 Å². The molecule has 0 aliphatic heterocycles. The molecular weight excluding hydrogens is 412 g/mol. The van der Waals surface area contributed by atoms with Crippen molar-refractivity contribution in [2.75, 3.05) is 19.4 Å². The van der Waals surface area contributed by atoms with Gasteiger partial charge in [-0.3, -0.25) is 0 Å². The monoisotopic (exact) mass is 440 g/mol. The number of hydrogen-bond donors (Lipinski definition) is 1. The number of rotatable bonds is 8. The number of nitrogens with one attached hydrogen (secondary N) is 1. The van der Waals surface area contributed by atoms with Crippen LogP contribution in [-0.2, 0) is 21.0 Å². The first-order valence-corrected chi connectivity index (χ1v) is 12.2. The van der Waals surface area contributed by atoms with Crippen LogP contribution >= 0.6 is 0 Å². The Kier molecular flexibility index (Phi) is 7.17. The van der Waals surface area contributed by atoms with E-state index >= 15 is 0 Å². The average Bonchev–Trinajstić information content (AvgIpc) is 3.16. The Morgan fingerprint density at radius 1 is 1.10 bits per heavy atom. The molecule has 0 spiro atoms. The zero-order valence-corrected chi connectivity index (χ0v) is 18.9. The molecule has 3 aromatic rings. The van der Waals surface area contributed by atoms with Gasteiger partial charge >= 0.3 is 6.09 Å². The number of sulfone groups is 1. The summed E-state index contributed by atoms with van der Waals surface area (Å²) in [5.74, 6) is 0. The highest BCUT2D eigenvalue weighted by Gasteiger charge is 2.18. The fraction of sp³-hybridized carbons (Fsp3) is 0.292. The van der Waals surface area contributed by atoms with Crippen LogP contribution in [0.2, 0.25) is 0 Å². The standard InChI is InChI=1S/C24H28N2O4S/c1-4-16-30-24(27)25-14-12-19-13-15-26(20-8-6-5-7-9-20)23(19)22-17-21(31(3,28)29)11-10-18(22)2/h5-11,13,15,17H,4,12,14,16H2,1-3H3,(H,25,27). The molecule has 0 aliphatic rings. The van der Waals surface area contributed by atoms with Gasteiger partial charge in [-0.25, -0.2) is 13.2 Å². The minimum absolute atomic E-state index is 0.279. The minimum Gasteiger partial charge on any atom is -0.450 e. The number of alkyl carbamates (subject to hydrolysis) is 1. The number of aromatic nitrogens is 1. The maximum absolute atomic E-state index is 12.2. The fourth-order valence-corrected chi connectivity index (χ4v) is 4.06. The van der Waals surface area contributed by atoms with Gasteiger partial charge in [0, 0.05) is 30.2 Å². The van der Waals surface area contributed by atoms with Gasteiger partial charge in [-0.05, 0) is 61.2 Å². The van der Waals surface area contributed by atoms with Crippen LogP contribution < -0.4 is 5.32 Å². The topological polar surface area (TPSA) is 77.4 Å². The third-order valence-electron chi connectivity index (χ3n) is 5.00. The van der Waals surface area contributed by atoms with Crippen LogP contribution in [0.5, 0.6) is 0 Å². The number of benzene rings is 2. The molecule has 0 radical (unpaired) electrons. The molecule has 1 N–H and O–H groups in total. The van der Waals surface area contributed by atoms with Gasteiger partial charge in [-0.15, -0.1) is 0 Å². The van der Waals surface area contributed by atoms with E-state index in [2.05, 4.69) is 9.88 Å². The predicted molar refractivity (Wildman–Crippen MR) is 122 cm³/mol. The van der Waals surface area contributed by atoms with Gasteiger partial charge in [0.2, 0.25) is 0 Å². The van der Waals surface area contributed by atoms with E-state index in [1.165, 1.54) is 6.26 Å². The quantitative estimate of drug-likeness (QED) is 0.558. The lowest BCUT2D eigenvalue weighted by molar-refractivity contribution is 0.146. The van der Waals surface area contributed by atoms with Crippen LogP contribution in [0.15, 0.2) is 65.7 Å². The molecule has 1 aromatic heterocycles. The summed E-state index contributed by atoms with van der Waals surface area (Å²) in [5, 5.41) is 2.78. The summed E-state index contributed by atoms with van der Waals surface area (Å²) < 4.78 is 31.5. The Balaban J connectivity index is 2.01. The Bertz CT molecular complexity index is 1150. The third kappa shape index (κ3) is 5.55. The second-order valence-corrected chi connectivity index (χ2v) is 9.47. The maximum atomic E-state index is 12.2. The van der Waals surface area contributed by atoms with Crippen molar-refractivity contribution in [3.05, 3.63) is 71.9 Å². The van der Waals surface area contributed by atoms with Gasteiger partial charge < -0.3 is 14.6 Å². The molecule has 0 saturated carbocycles. The molecular formula is C24H28N2O4S. The van der Waals surface area contributed by atoms with Crippen LogP contribution in [0.25, 0.3) is 16.9 Å². The van der Waals surface area contributed by atoms with E-state index < -0.39 is 15.9 Å². The van der Waals surface area contributed by atoms with E-state index in [1.54, 1.807) is 12.1 Å². The van der Waals surface area contributed by atoms with Crippen LogP contribution in [0.4, 0.5) is 4.79 Å². The van der Waals surface area contributed by atoms with Crippen molar-refractivity contribution < 1.29 is 17.9 Å². The molecule has 0 saturated heterocycles. The van der Waals surface area contributed by atoms with Gasteiger partial charge in [0.25, 0.3) is 0 Å². The summed E-state index contributed by atoms with van der Waals surface area (Å²) >= 11 is 0. The van der Waals surface area contributed by atoms with Crippen LogP contribution in [0.1, 0.15) is 24.5 Å². The van der Waals surface area contributed by atoms with Crippen molar-refractivity contribution in [3.63, 3.8) is 0 Å².